The van der Waals surface area contributed by atoms with Gasteiger partial charge in [-0.2, -0.15) is 0 Å². The maximum Gasteiger partial charge on any atom is 0.111 e. The first kappa shape index (κ1) is 12.9. The van der Waals surface area contributed by atoms with Gasteiger partial charge in [-0.25, -0.2) is 0 Å². The van der Waals surface area contributed by atoms with Crippen molar-refractivity contribution >= 4 is 0 Å². The van der Waals surface area contributed by atoms with E-state index in [1.54, 1.807) is 6.92 Å². The summed E-state index contributed by atoms with van der Waals surface area (Å²) in [6.45, 7) is 5.79. The van der Waals surface area contributed by atoms with Crippen LogP contribution in [-0.4, -0.2) is 45.8 Å². The summed E-state index contributed by atoms with van der Waals surface area (Å²) in [5.41, 5.74) is 0. The Kier molecular flexibility index (Phi) is 4.52. The zero-order valence-corrected chi connectivity index (χ0v) is 9.63. The van der Waals surface area contributed by atoms with Gasteiger partial charge in [0.2, 0.25) is 0 Å². The molecule has 0 bridgehead atoms. The van der Waals surface area contributed by atoms with E-state index in [2.05, 4.69) is 0 Å². The molecule has 0 saturated carbocycles. The summed E-state index contributed by atoms with van der Waals surface area (Å²) < 4.78 is 5.57. The van der Waals surface area contributed by atoms with E-state index in [1.807, 2.05) is 13.8 Å². The number of aliphatic hydroxyl groups is 3. The minimum absolute atomic E-state index is 0.226. The molecule has 0 amide bonds. The second-order valence-electron chi connectivity index (χ2n) is 4.35. The summed E-state index contributed by atoms with van der Waals surface area (Å²) in [5, 5.41) is 29.0. The normalized spacial score (nSPS) is 42.2. The minimum atomic E-state index is -1.10. The van der Waals surface area contributed by atoms with Crippen LogP contribution in [0.1, 0.15) is 33.6 Å². The van der Waals surface area contributed by atoms with E-state index in [0.717, 1.165) is 12.8 Å². The Hall–Kier alpha value is -0.160. The van der Waals surface area contributed by atoms with Crippen molar-refractivity contribution in [1.29, 1.82) is 0 Å². The van der Waals surface area contributed by atoms with Crippen molar-refractivity contribution in [3.8, 4) is 0 Å². The molecule has 0 radical (unpaired) electrons. The van der Waals surface area contributed by atoms with Gasteiger partial charge in [-0.15, -0.1) is 0 Å². The Bertz CT molecular complexity index is 193. The van der Waals surface area contributed by atoms with Crippen LogP contribution in [0.15, 0.2) is 0 Å². The predicted molar refractivity (Wildman–Crippen MR) is 56.4 cm³/mol. The van der Waals surface area contributed by atoms with Gasteiger partial charge < -0.3 is 20.1 Å². The fourth-order valence-electron chi connectivity index (χ4n) is 2.23. The third kappa shape index (κ3) is 2.50. The van der Waals surface area contributed by atoms with Gasteiger partial charge in [0.05, 0.1) is 12.2 Å². The first-order valence-electron chi connectivity index (χ1n) is 5.72. The molecule has 1 aliphatic rings. The summed E-state index contributed by atoms with van der Waals surface area (Å²) in [6, 6.07) is 0. The average Bonchev–Trinajstić information content (AvgIpc) is 2.24. The highest BCUT2D eigenvalue weighted by Gasteiger charge is 2.43. The van der Waals surface area contributed by atoms with Crippen LogP contribution in [0.25, 0.3) is 0 Å². The van der Waals surface area contributed by atoms with Crippen LogP contribution in [0.3, 0.4) is 0 Å². The molecular formula is C11H22O4. The zero-order chi connectivity index (χ0) is 11.6. The molecular weight excluding hydrogens is 196 g/mol. The monoisotopic (exact) mass is 218 g/mol. The third-order valence-electron chi connectivity index (χ3n) is 3.40. The summed E-state index contributed by atoms with van der Waals surface area (Å²) in [5.74, 6) is 0.226. The lowest BCUT2D eigenvalue weighted by molar-refractivity contribution is -0.230. The van der Waals surface area contributed by atoms with Gasteiger partial charge in [0.1, 0.15) is 18.3 Å². The standard InChI is InChI=1S/C11H22O4/c1-4-7(5-2)11-10(14)9(13)8(12)6(3)15-11/h6-14H,4-5H2,1-3H3/t6-,8?,9?,10?,11+/m1/s1. The van der Waals surface area contributed by atoms with Crippen molar-refractivity contribution in [2.75, 3.05) is 0 Å². The van der Waals surface area contributed by atoms with Crippen molar-refractivity contribution in [2.24, 2.45) is 5.92 Å². The zero-order valence-electron chi connectivity index (χ0n) is 9.63. The lowest BCUT2D eigenvalue weighted by Crippen LogP contribution is -2.58. The molecule has 0 aromatic rings. The fourth-order valence-corrected chi connectivity index (χ4v) is 2.23. The highest BCUT2D eigenvalue weighted by Crippen LogP contribution is 2.28. The van der Waals surface area contributed by atoms with Crippen LogP contribution in [0.5, 0.6) is 0 Å². The maximum atomic E-state index is 9.82. The molecule has 4 nitrogen and oxygen atoms in total. The second-order valence-corrected chi connectivity index (χ2v) is 4.35. The van der Waals surface area contributed by atoms with Crippen LogP contribution < -0.4 is 0 Å². The second kappa shape index (κ2) is 5.25. The van der Waals surface area contributed by atoms with E-state index in [-0.39, 0.29) is 12.0 Å². The summed E-state index contributed by atoms with van der Waals surface area (Å²) >= 11 is 0. The Morgan fingerprint density at radius 2 is 1.53 bits per heavy atom. The van der Waals surface area contributed by atoms with Crippen molar-refractivity contribution < 1.29 is 20.1 Å². The van der Waals surface area contributed by atoms with Gasteiger partial charge in [-0.3, -0.25) is 0 Å². The van der Waals surface area contributed by atoms with Crippen LogP contribution in [-0.2, 0) is 4.74 Å². The van der Waals surface area contributed by atoms with E-state index >= 15 is 0 Å². The summed E-state index contributed by atoms with van der Waals surface area (Å²) in [6.07, 6.45) is -2.07. The Labute approximate surface area is 90.9 Å². The molecule has 1 saturated heterocycles. The molecule has 1 heterocycles. The topological polar surface area (TPSA) is 69.9 Å². The van der Waals surface area contributed by atoms with Crippen LogP contribution in [0.4, 0.5) is 0 Å². The maximum absolute atomic E-state index is 9.82. The van der Waals surface area contributed by atoms with Gasteiger partial charge in [-0.1, -0.05) is 26.7 Å². The Morgan fingerprint density at radius 1 is 1.00 bits per heavy atom. The highest BCUT2D eigenvalue weighted by atomic mass is 16.5. The minimum Gasteiger partial charge on any atom is -0.388 e. The molecule has 1 aliphatic heterocycles. The lowest BCUT2D eigenvalue weighted by atomic mass is 9.85. The van der Waals surface area contributed by atoms with E-state index < -0.39 is 24.4 Å². The van der Waals surface area contributed by atoms with Crippen LogP contribution in [0.2, 0.25) is 0 Å². The van der Waals surface area contributed by atoms with Gasteiger partial charge >= 0.3 is 0 Å². The van der Waals surface area contributed by atoms with Gasteiger partial charge in [0, 0.05) is 0 Å². The smallest absolute Gasteiger partial charge is 0.111 e. The Balaban J connectivity index is 2.73. The molecule has 5 atom stereocenters. The average molecular weight is 218 g/mol. The lowest BCUT2D eigenvalue weighted by Gasteiger charge is -2.42. The summed E-state index contributed by atoms with van der Waals surface area (Å²) in [7, 11) is 0. The largest absolute Gasteiger partial charge is 0.388 e. The van der Waals surface area contributed by atoms with Crippen LogP contribution >= 0.6 is 0 Å². The number of hydrogen-bond acceptors (Lipinski definition) is 4. The Morgan fingerprint density at radius 3 is 2.00 bits per heavy atom. The third-order valence-corrected chi connectivity index (χ3v) is 3.40. The molecule has 90 valence electrons. The van der Waals surface area contributed by atoms with Crippen molar-refractivity contribution in [3.63, 3.8) is 0 Å². The molecule has 1 rings (SSSR count). The van der Waals surface area contributed by atoms with E-state index in [4.69, 9.17) is 4.74 Å². The number of rotatable bonds is 3. The van der Waals surface area contributed by atoms with E-state index in [9.17, 15) is 15.3 Å². The predicted octanol–water partition coefficient (Wildman–Crippen LogP) is 0.293. The molecule has 4 heteroatoms. The molecule has 0 aliphatic carbocycles. The number of ether oxygens (including phenoxy) is 1. The fraction of sp³-hybridized carbons (Fsp3) is 1.00. The van der Waals surface area contributed by atoms with Gasteiger partial charge in [0.25, 0.3) is 0 Å². The van der Waals surface area contributed by atoms with E-state index in [0.29, 0.717) is 0 Å². The molecule has 1 fully saturated rings. The van der Waals surface area contributed by atoms with E-state index in [1.165, 1.54) is 0 Å². The molecule has 3 unspecified atom stereocenters. The van der Waals surface area contributed by atoms with Crippen LogP contribution in [0, 0.1) is 5.92 Å². The quantitative estimate of drug-likeness (QED) is 0.637. The van der Waals surface area contributed by atoms with Crippen molar-refractivity contribution in [1.82, 2.24) is 0 Å². The summed E-state index contributed by atoms with van der Waals surface area (Å²) in [4.78, 5) is 0. The first-order valence-corrected chi connectivity index (χ1v) is 5.72. The molecule has 3 N–H and O–H groups in total. The molecule has 0 aromatic heterocycles. The van der Waals surface area contributed by atoms with Gasteiger partial charge in [-0.05, 0) is 12.8 Å². The SMILES string of the molecule is CCC(CC)[C@@H]1O[C@H](C)C(O)C(O)C1O. The van der Waals surface area contributed by atoms with Crippen molar-refractivity contribution in [2.45, 2.75) is 64.1 Å². The molecule has 15 heavy (non-hydrogen) atoms. The van der Waals surface area contributed by atoms with Gasteiger partial charge in [0.15, 0.2) is 0 Å². The molecule has 0 aromatic carbocycles. The number of aliphatic hydroxyl groups excluding tert-OH is 3. The molecule has 0 spiro atoms. The number of hydrogen-bond donors (Lipinski definition) is 3. The first-order chi connectivity index (χ1) is 7.02. The van der Waals surface area contributed by atoms with Crippen molar-refractivity contribution in [3.05, 3.63) is 0 Å². The highest BCUT2D eigenvalue weighted by molar-refractivity contribution is 4.92.